The van der Waals surface area contributed by atoms with E-state index in [2.05, 4.69) is 31.3 Å². The zero-order valence-electron chi connectivity index (χ0n) is 15.1. The summed E-state index contributed by atoms with van der Waals surface area (Å²) in [4.78, 5) is 0. The highest BCUT2D eigenvalue weighted by molar-refractivity contribution is 5.72. The van der Waals surface area contributed by atoms with E-state index < -0.39 is 11.7 Å². The fourth-order valence-corrected chi connectivity index (χ4v) is 2.80. The van der Waals surface area contributed by atoms with Crippen LogP contribution in [0.4, 0.5) is 24.5 Å². The first-order valence-electron chi connectivity index (χ1n) is 8.61. The molecule has 0 amide bonds. The summed E-state index contributed by atoms with van der Waals surface area (Å²) in [5.41, 5.74) is 5.18. The average Bonchev–Trinajstić information content (AvgIpc) is 2.63. The van der Waals surface area contributed by atoms with Gasteiger partial charge in [-0.2, -0.15) is 13.2 Å². The van der Waals surface area contributed by atoms with Gasteiger partial charge in [-0.1, -0.05) is 54.1 Å². The molecule has 0 saturated heterocycles. The first-order chi connectivity index (χ1) is 12.8. The second kappa shape index (κ2) is 7.70. The molecule has 0 spiro atoms. The van der Waals surface area contributed by atoms with Crippen LogP contribution >= 0.6 is 0 Å². The van der Waals surface area contributed by atoms with Crippen molar-refractivity contribution in [2.24, 2.45) is 0 Å². The third kappa shape index (κ3) is 5.00. The summed E-state index contributed by atoms with van der Waals surface area (Å²) >= 11 is 0. The molecule has 0 aliphatic rings. The molecule has 0 saturated carbocycles. The van der Waals surface area contributed by atoms with Crippen LogP contribution in [0.1, 0.15) is 27.8 Å². The summed E-state index contributed by atoms with van der Waals surface area (Å²) in [7, 11) is 0. The minimum atomic E-state index is -4.33. The fraction of sp³-hybridized carbons (Fsp3) is 0.130. The van der Waals surface area contributed by atoms with Crippen molar-refractivity contribution in [3.05, 3.63) is 94.5 Å². The summed E-state index contributed by atoms with van der Waals surface area (Å²) in [6.45, 7) is 4.11. The zero-order valence-corrected chi connectivity index (χ0v) is 15.1. The van der Waals surface area contributed by atoms with E-state index in [0.29, 0.717) is 5.56 Å². The minimum Gasteiger partial charge on any atom is -0.355 e. The van der Waals surface area contributed by atoms with Gasteiger partial charge in [0.25, 0.3) is 0 Å². The largest absolute Gasteiger partial charge is 0.416 e. The van der Waals surface area contributed by atoms with Crippen molar-refractivity contribution in [1.29, 1.82) is 0 Å². The highest BCUT2D eigenvalue weighted by atomic mass is 19.4. The molecule has 27 heavy (non-hydrogen) atoms. The van der Waals surface area contributed by atoms with Gasteiger partial charge >= 0.3 is 6.18 Å². The number of aryl methyl sites for hydroxylation is 2. The molecule has 0 atom stereocenters. The molecule has 0 aromatic heterocycles. The summed E-state index contributed by atoms with van der Waals surface area (Å²) < 4.78 is 38.3. The topological polar surface area (TPSA) is 12.0 Å². The summed E-state index contributed by atoms with van der Waals surface area (Å²) in [5.74, 6) is 0. The number of hydrogen-bond donors (Lipinski definition) is 1. The van der Waals surface area contributed by atoms with Gasteiger partial charge in [0.15, 0.2) is 0 Å². The van der Waals surface area contributed by atoms with Crippen molar-refractivity contribution in [2.45, 2.75) is 20.0 Å². The Morgan fingerprint density at radius 2 is 1.48 bits per heavy atom. The molecule has 3 aromatic rings. The first-order valence-corrected chi connectivity index (χ1v) is 8.61. The van der Waals surface area contributed by atoms with Crippen molar-refractivity contribution in [2.75, 3.05) is 5.32 Å². The van der Waals surface area contributed by atoms with Crippen LogP contribution in [0, 0.1) is 13.8 Å². The van der Waals surface area contributed by atoms with Crippen LogP contribution in [0.5, 0.6) is 0 Å². The van der Waals surface area contributed by atoms with E-state index in [-0.39, 0.29) is 0 Å². The maximum absolute atomic E-state index is 12.8. The van der Waals surface area contributed by atoms with Crippen LogP contribution in [0.25, 0.3) is 12.2 Å². The van der Waals surface area contributed by atoms with Gasteiger partial charge in [0.05, 0.1) is 5.56 Å². The summed E-state index contributed by atoms with van der Waals surface area (Å²) in [5, 5.41) is 3.38. The third-order valence-electron chi connectivity index (χ3n) is 4.25. The van der Waals surface area contributed by atoms with Crippen LogP contribution in [0.15, 0.2) is 66.7 Å². The lowest BCUT2D eigenvalue weighted by atomic mass is 10.1. The Labute approximate surface area is 157 Å². The van der Waals surface area contributed by atoms with Crippen LogP contribution in [0.3, 0.4) is 0 Å². The Morgan fingerprint density at radius 1 is 0.778 bits per heavy atom. The normalized spacial score (nSPS) is 11.7. The number of anilines is 2. The molecule has 0 fully saturated rings. The molecule has 0 heterocycles. The van der Waals surface area contributed by atoms with Gasteiger partial charge in [-0.3, -0.25) is 0 Å². The first kappa shape index (κ1) is 18.8. The Balaban J connectivity index is 1.71. The van der Waals surface area contributed by atoms with Crippen LogP contribution < -0.4 is 5.32 Å². The number of halogens is 3. The maximum atomic E-state index is 12.8. The molecule has 3 aromatic carbocycles. The van der Waals surface area contributed by atoms with E-state index in [1.54, 1.807) is 18.2 Å². The Hall–Kier alpha value is -3.01. The molecule has 4 heteroatoms. The van der Waals surface area contributed by atoms with Gasteiger partial charge in [0.1, 0.15) is 0 Å². The third-order valence-corrected chi connectivity index (χ3v) is 4.25. The van der Waals surface area contributed by atoms with E-state index >= 15 is 0 Å². The van der Waals surface area contributed by atoms with Gasteiger partial charge in [-0.05, 0) is 60.9 Å². The van der Waals surface area contributed by atoms with Gasteiger partial charge in [0.2, 0.25) is 0 Å². The van der Waals surface area contributed by atoms with Gasteiger partial charge < -0.3 is 5.32 Å². The highest BCUT2D eigenvalue weighted by Gasteiger charge is 2.30. The lowest BCUT2D eigenvalue weighted by Gasteiger charge is -2.10. The van der Waals surface area contributed by atoms with Crippen molar-refractivity contribution in [1.82, 2.24) is 0 Å². The number of hydrogen-bond acceptors (Lipinski definition) is 1. The van der Waals surface area contributed by atoms with Gasteiger partial charge in [0, 0.05) is 11.4 Å². The SMILES string of the molecule is Cc1ccc(Nc2ccc(/C=C/c3cccc(C(F)(F)F)c3)cc2)c(C)c1. The van der Waals surface area contributed by atoms with Crippen molar-refractivity contribution < 1.29 is 13.2 Å². The number of rotatable bonds is 4. The Bertz CT molecular complexity index is 954. The monoisotopic (exact) mass is 367 g/mol. The maximum Gasteiger partial charge on any atom is 0.416 e. The minimum absolute atomic E-state index is 0.516. The number of benzene rings is 3. The predicted octanol–water partition coefficient (Wildman–Crippen LogP) is 7.24. The molecule has 0 radical (unpaired) electrons. The van der Waals surface area contributed by atoms with E-state index in [0.717, 1.165) is 29.1 Å². The number of alkyl halides is 3. The molecule has 1 nitrogen and oxygen atoms in total. The van der Waals surface area contributed by atoms with Crippen molar-refractivity contribution in [3.63, 3.8) is 0 Å². The van der Waals surface area contributed by atoms with Crippen LogP contribution in [0.2, 0.25) is 0 Å². The van der Waals surface area contributed by atoms with E-state index in [1.165, 1.54) is 17.2 Å². The molecule has 138 valence electrons. The standard InChI is InChI=1S/C23H20F3N/c1-16-6-13-22(17(2)14-16)27-21-11-9-18(10-12-21)7-8-19-4-3-5-20(15-19)23(24,25)26/h3-15,27H,1-2H3/b8-7+. The van der Waals surface area contributed by atoms with Gasteiger partial charge in [-0.15, -0.1) is 0 Å². The van der Waals surface area contributed by atoms with Crippen molar-refractivity contribution in [3.8, 4) is 0 Å². The van der Waals surface area contributed by atoms with E-state index in [4.69, 9.17) is 0 Å². The van der Waals surface area contributed by atoms with Gasteiger partial charge in [-0.25, -0.2) is 0 Å². The Kier molecular flexibility index (Phi) is 5.36. The lowest BCUT2D eigenvalue weighted by molar-refractivity contribution is -0.137. The van der Waals surface area contributed by atoms with E-state index in [1.807, 2.05) is 30.3 Å². The van der Waals surface area contributed by atoms with Crippen LogP contribution in [-0.4, -0.2) is 0 Å². The summed E-state index contributed by atoms with van der Waals surface area (Å²) in [6.07, 6.45) is -0.844. The Morgan fingerprint density at radius 3 is 2.15 bits per heavy atom. The quantitative estimate of drug-likeness (QED) is 0.479. The predicted molar refractivity (Wildman–Crippen MR) is 106 cm³/mol. The molecular weight excluding hydrogens is 347 g/mol. The highest BCUT2D eigenvalue weighted by Crippen LogP contribution is 2.30. The second-order valence-electron chi connectivity index (χ2n) is 6.52. The molecule has 3 rings (SSSR count). The zero-order chi connectivity index (χ0) is 19.4. The smallest absolute Gasteiger partial charge is 0.355 e. The van der Waals surface area contributed by atoms with Crippen LogP contribution in [-0.2, 0) is 6.18 Å². The molecule has 0 bridgehead atoms. The van der Waals surface area contributed by atoms with Crippen molar-refractivity contribution >= 4 is 23.5 Å². The van der Waals surface area contributed by atoms with E-state index in [9.17, 15) is 13.2 Å². The molecular formula is C23H20F3N. The lowest BCUT2D eigenvalue weighted by Crippen LogP contribution is -2.04. The molecule has 0 aliphatic heterocycles. The fourth-order valence-electron chi connectivity index (χ4n) is 2.80. The second-order valence-corrected chi connectivity index (χ2v) is 6.52. The molecule has 1 N–H and O–H groups in total. The molecule has 0 aliphatic carbocycles. The average molecular weight is 367 g/mol. The summed E-state index contributed by atoms with van der Waals surface area (Å²) in [6, 6.07) is 19.3. The number of nitrogens with one attached hydrogen (secondary N) is 1. The molecule has 0 unspecified atom stereocenters.